The zero-order valence-corrected chi connectivity index (χ0v) is 21.6. The Bertz CT molecular complexity index is 1390. The number of hydrogen-bond acceptors (Lipinski definition) is 5. The van der Waals surface area contributed by atoms with Crippen molar-refractivity contribution in [1.29, 1.82) is 0 Å². The molecule has 2 N–H and O–H groups in total. The molecule has 0 saturated carbocycles. The van der Waals surface area contributed by atoms with E-state index in [1.165, 1.54) is 0 Å². The Morgan fingerprint density at radius 2 is 1.78 bits per heavy atom. The number of carbonyl (C=O) groups excluding carboxylic acids is 2. The molecule has 0 fully saturated rings. The summed E-state index contributed by atoms with van der Waals surface area (Å²) in [5, 5.41) is 5.81. The molecule has 0 saturated heterocycles. The number of aromatic nitrogens is 2. The zero-order chi connectivity index (χ0) is 26.4. The first-order valence-corrected chi connectivity index (χ1v) is 12.3. The Balaban J connectivity index is 1.34. The van der Waals surface area contributed by atoms with E-state index < -0.39 is 0 Å². The van der Waals surface area contributed by atoms with Crippen LogP contribution in [0.3, 0.4) is 0 Å². The van der Waals surface area contributed by atoms with Crippen molar-refractivity contribution in [2.75, 3.05) is 18.5 Å². The van der Waals surface area contributed by atoms with Gasteiger partial charge in [-0.2, -0.15) is 0 Å². The minimum atomic E-state index is -0.250. The second-order valence-electron chi connectivity index (χ2n) is 9.11. The molecule has 0 spiro atoms. The SMILES string of the molecule is Cc1ccc(OCC(=O)Nc2ccc3c(c2)nc(CCNC(=O)c2ccccc2OC(C)C)n3C)cc1. The maximum absolute atomic E-state index is 12.7. The number of anilines is 1. The van der Waals surface area contributed by atoms with Gasteiger partial charge in [0, 0.05) is 25.7 Å². The van der Waals surface area contributed by atoms with Crippen molar-refractivity contribution in [2.45, 2.75) is 33.3 Å². The van der Waals surface area contributed by atoms with E-state index >= 15 is 0 Å². The van der Waals surface area contributed by atoms with E-state index in [2.05, 4.69) is 10.6 Å². The van der Waals surface area contributed by atoms with Crippen LogP contribution in [0.15, 0.2) is 66.7 Å². The molecule has 1 aromatic heterocycles. The van der Waals surface area contributed by atoms with Crippen LogP contribution in [0.2, 0.25) is 0 Å². The average molecular weight is 501 g/mol. The van der Waals surface area contributed by atoms with Crippen LogP contribution in [0.1, 0.15) is 35.6 Å². The predicted octanol–water partition coefficient (Wildman–Crippen LogP) is 4.66. The highest BCUT2D eigenvalue weighted by Crippen LogP contribution is 2.21. The number of ether oxygens (including phenoxy) is 2. The number of aryl methyl sites for hydroxylation is 2. The Morgan fingerprint density at radius 1 is 1.03 bits per heavy atom. The summed E-state index contributed by atoms with van der Waals surface area (Å²) in [7, 11) is 1.94. The number of nitrogens with one attached hydrogen (secondary N) is 2. The topological polar surface area (TPSA) is 94.5 Å². The number of rotatable bonds is 10. The summed E-state index contributed by atoms with van der Waals surface area (Å²) in [4.78, 5) is 29.8. The number of hydrogen-bond donors (Lipinski definition) is 2. The van der Waals surface area contributed by atoms with Crippen molar-refractivity contribution >= 4 is 28.5 Å². The third-order valence-electron chi connectivity index (χ3n) is 5.78. The molecule has 0 bridgehead atoms. The molecule has 0 radical (unpaired) electrons. The summed E-state index contributed by atoms with van der Waals surface area (Å²) in [6.07, 6.45) is 0.528. The molecule has 8 nitrogen and oxygen atoms in total. The number of carbonyl (C=O) groups is 2. The van der Waals surface area contributed by atoms with Crippen molar-refractivity contribution in [2.24, 2.45) is 7.05 Å². The zero-order valence-electron chi connectivity index (χ0n) is 21.6. The Hall–Kier alpha value is -4.33. The summed E-state index contributed by atoms with van der Waals surface area (Å²) < 4.78 is 13.3. The van der Waals surface area contributed by atoms with Crippen molar-refractivity contribution in [3.63, 3.8) is 0 Å². The Kier molecular flexibility index (Phi) is 8.08. The molecule has 3 aromatic carbocycles. The molecular weight excluding hydrogens is 468 g/mol. The molecule has 8 heteroatoms. The monoisotopic (exact) mass is 500 g/mol. The molecule has 0 aliphatic carbocycles. The van der Waals surface area contributed by atoms with E-state index in [0.29, 0.717) is 35.7 Å². The minimum absolute atomic E-state index is 0.0238. The quantitative estimate of drug-likeness (QED) is 0.330. The molecule has 4 aromatic rings. The summed E-state index contributed by atoms with van der Waals surface area (Å²) in [6.45, 7) is 6.19. The first kappa shape index (κ1) is 25.8. The summed E-state index contributed by atoms with van der Waals surface area (Å²) >= 11 is 0. The third-order valence-corrected chi connectivity index (χ3v) is 5.78. The number of para-hydroxylation sites is 1. The van der Waals surface area contributed by atoms with Crippen LogP contribution in [0.4, 0.5) is 5.69 Å². The van der Waals surface area contributed by atoms with Crippen LogP contribution in [-0.2, 0) is 18.3 Å². The molecule has 2 amide bonds. The largest absolute Gasteiger partial charge is 0.490 e. The number of nitrogens with zero attached hydrogens (tertiary/aromatic N) is 2. The molecule has 0 atom stereocenters. The van der Waals surface area contributed by atoms with Gasteiger partial charge < -0.3 is 24.7 Å². The highest BCUT2D eigenvalue weighted by atomic mass is 16.5. The molecular formula is C29H32N4O4. The van der Waals surface area contributed by atoms with Gasteiger partial charge >= 0.3 is 0 Å². The van der Waals surface area contributed by atoms with Gasteiger partial charge in [0.1, 0.15) is 17.3 Å². The van der Waals surface area contributed by atoms with E-state index in [-0.39, 0.29) is 24.5 Å². The number of imidazole rings is 1. The number of fused-ring (bicyclic) bond motifs is 1. The highest BCUT2D eigenvalue weighted by Gasteiger charge is 2.14. The van der Waals surface area contributed by atoms with Crippen LogP contribution in [0.25, 0.3) is 11.0 Å². The smallest absolute Gasteiger partial charge is 0.262 e. The fourth-order valence-corrected chi connectivity index (χ4v) is 3.93. The van der Waals surface area contributed by atoms with Crippen LogP contribution in [0, 0.1) is 6.92 Å². The summed E-state index contributed by atoms with van der Waals surface area (Å²) in [5.41, 5.74) is 3.98. The highest BCUT2D eigenvalue weighted by molar-refractivity contribution is 5.97. The normalized spacial score (nSPS) is 10.9. The molecule has 0 unspecified atom stereocenters. The maximum Gasteiger partial charge on any atom is 0.262 e. The summed E-state index contributed by atoms with van der Waals surface area (Å²) in [5.74, 6) is 1.60. The van der Waals surface area contributed by atoms with E-state index in [1.54, 1.807) is 12.1 Å². The van der Waals surface area contributed by atoms with Gasteiger partial charge in [0.2, 0.25) is 0 Å². The fourth-order valence-electron chi connectivity index (χ4n) is 3.93. The van der Waals surface area contributed by atoms with E-state index in [1.807, 2.05) is 87.0 Å². The molecule has 192 valence electrons. The van der Waals surface area contributed by atoms with E-state index in [9.17, 15) is 9.59 Å². The van der Waals surface area contributed by atoms with Crippen molar-refractivity contribution in [3.05, 3.63) is 83.7 Å². The lowest BCUT2D eigenvalue weighted by Crippen LogP contribution is -2.27. The predicted molar refractivity (Wildman–Crippen MR) is 144 cm³/mol. The maximum atomic E-state index is 12.7. The lowest BCUT2D eigenvalue weighted by molar-refractivity contribution is -0.118. The lowest BCUT2D eigenvalue weighted by atomic mass is 10.2. The van der Waals surface area contributed by atoms with Gasteiger partial charge in [-0.05, 0) is 63.2 Å². The van der Waals surface area contributed by atoms with Crippen LogP contribution in [0.5, 0.6) is 11.5 Å². The van der Waals surface area contributed by atoms with Gasteiger partial charge in [-0.1, -0.05) is 29.8 Å². The van der Waals surface area contributed by atoms with Crippen LogP contribution >= 0.6 is 0 Å². The molecule has 4 rings (SSSR count). The van der Waals surface area contributed by atoms with E-state index in [4.69, 9.17) is 14.5 Å². The number of amides is 2. The standard InChI is InChI=1S/C29H32N4O4/c1-19(2)37-26-8-6-5-7-23(26)29(35)30-16-15-27-32-24-17-21(11-14-25(24)33(27)4)31-28(34)18-36-22-12-9-20(3)10-13-22/h5-14,17,19H,15-16,18H2,1-4H3,(H,30,35)(H,31,34). The van der Waals surface area contributed by atoms with Gasteiger partial charge in [-0.3, -0.25) is 9.59 Å². The number of benzene rings is 3. The Labute approximate surface area is 216 Å². The van der Waals surface area contributed by atoms with Crippen LogP contribution < -0.4 is 20.1 Å². The average Bonchev–Trinajstić information content (AvgIpc) is 3.18. The first-order chi connectivity index (χ1) is 17.8. The molecule has 0 aliphatic rings. The van der Waals surface area contributed by atoms with Crippen molar-refractivity contribution in [3.8, 4) is 11.5 Å². The first-order valence-electron chi connectivity index (χ1n) is 12.3. The van der Waals surface area contributed by atoms with Gasteiger partial charge in [-0.25, -0.2) is 4.98 Å². The second-order valence-corrected chi connectivity index (χ2v) is 9.11. The van der Waals surface area contributed by atoms with Gasteiger partial charge in [0.25, 0.3) is 11.8 Å². The molecule has 1 heterocycles. The minimum Gasteiger partial charge on any atom is -0.490 e. The van der Waals surface area contributed by atoms with E-state index in [0.717, 1.165) is 22.4 Å². The van der Waals surface area contributed by atoms with Gasteiger partial charge in [-0.15, -0.1) is 0 Å². The Morgan fingerprint density at radius 3 is 2.54 bits per heavy atom. The molecule has 0 aliphatic heterocycles. The van der Waals surface area contributed by atoms with Gasteiger partial charge in [0.05, 0.1) is 22.7 Å². The third kappa shape index (κ3) is 6.67. The van der Waals surface area contributed by atoms with Crippen molar-refractivity contribution in [1.82, 2.24) is 14.9 Å². The van der Waals surface area contributed by atoms with Crippen molar-refractivity contribution < 1.29 is 19.1 Å². The second kappa shape index (κ2) is 11.6. The lowest BCUT2D eigenvalue weighted by Gasteiger charge is -2.14. The molecule has 37 heavy (non-hydrogen) atoms. The van der Waals surface area contributed by atoms with Gasteiger partial charge in [0.15, 0.2) is 6.61 Å². The fraction of sp³-hybridized carbons (Fsp3) is 0.276. The summed E-state index contributed by atoms with van der Waals surface area (Å²) in [6, 6.07) is 20.4. The van der Waals surface area contributed by atoms with Crippen LogP contribution in [-0.4, -0.2) is 40.6 Å².